The molecule has 4 amide bonds. The van der Waals surface area contributed by atoms with Crippen LogP contribution in [0.2, 0.25) is 0 Å². The molecule has 3 saturated heterocycles. The van der Waals surface area contributed by atoms with Gasteiger partial charge >= 0.3 is 12.2 Å². The molecule has 0 aromatic heterocycles. The van der Waals surface area contributed by atoms with E-state index in [1.165, 1.54) is 9.80 Å². The largest absolute Gasteiger partial charge is 0.444 e. The maximum Gasteiger partial charge on any atom is 0.410 e. The van der Waals surface area contributed by atoms with E-state index in [4.69, 9.17) is 25.8 Å². The fraction of sp³-hybridized carbons (Fsp3) is 0.833. The smallest absolute Gasteiger partial charge is 0.410 e. The number of piperazine rings is 2. The average molecular weight is 549 g/mol. The molecule has 0 saturated carbocycles. The van der Waals surface area contributed by atoms with Crippen molar-refractivity contribution in [2.75, 3.05) is 65.0 Å². The fourth-order valence-corrected chi connectivity index (χ4v) is 4.25. The normalized spacial score (nSPS) is 22.5. The summed E-state index contributed by atoms with van der Waals surface area (Å²) in [5.74, 6) is -0.345. The molecule has 0 aromatic rings. The Kier molecular flexibility index (Phi) is 10.8. The highest BCUT2D eigenvalue weighted by Crippen LogP contribution is 2.18. The van der Waals surface area contributed by atoms with Crippen molar-refractivity contribution in [1.82, 2.24) is 19.6 Å². The van der Waals surface area contributed by atoms with Gasteiger partial charge < -0.3 is 38.9 Å². The minimum Gasteiger partial charge on any atom is -0.444 e. The average Bonchev–Trinajstić information content (AvgIpc) is 2.81. The van der Waals surface area contributed by atoms with E-state index in [9.17, 15) is 24.3 Å². The maximum atomic E-state index is 11.9. The van der Waals surface area contributed by atoms with Crippen molar-refractivity contribution < 1.29 is 38.5 Å². The molecule has 12 nitrogen and oxygen atoms in total. The number of alkyl halides is 1. The summed E-state index contributed by atoms with van der Waals surface area (Å²) in [6, 6.07) is -0.458. The summed E-state index contributed by atoms with van der Waals surface area (Å²) in [5.41, 5.74) is -1.05. The SMILES string of the molecule is CC(C)(C)OC(=O)N1CCN(C(=O)CCl)[C@H](CO)C1.CC(C)(C)OC(=O)N1CCN2C(=O)COC[C@@H]2C1. The number of hydrogen-bond donors (Lipinski definition) is 1. The summed E-state index contributed by atoms with van der Waals surface area (Å²) >= 11 is 5.52. The Morgan fingerprint density at radius 3 is 2.00 bits per heavy atom. The van der Waals surface area contributed by atoms with Crippen molar-refractivity contribution in [1.29, 1.82) is 0 Å². The number of hydrogen-bond acceptors (Lipinski definition) is 8. The topological polar surface area (TPSA) is 129 Å². The highest BCUT2D eigenvalue weighted by molar-refractivity contribution is 6.27. The fourth-order valence-electron chi connectivity index (χ4n) is 4.09. The first-order valence-corrected chi connectivity index (χ1v) is 13.0. The third-order valence-corrected chi connectivity index (χ3v) is 6.00. The second-order valence-electron chi connectivity index (χ2n) is 11.2. The number of aliphatic hydroxyl groups is 1. The second-order valence-corrected chi connectivity index (χ2v) is 11.4. The van der Waals surface area contributed by atoms with Gasteiger partial charge in [-0.3, -0.25) is 9.59 Å². The van der Waals surface area contributed by atoms with Crippen LogP contribution in [0.4, 0.5) is 9.59 Å². The Morgan fingerprint density at radius 1 is 0.946 bits per heavy atom. The number of fused-ring (bicyclic) bond motifs is 1. The van der Waals surface area contributed by atoms with Crippen molar-refractivity contribution in [3.05, 3.63) is 0 Å². The summed E-state index contributed by atoms with van der Waals surface area (Å²) in [7, 11) is 0. The third kappa shape index (κ3) is 9.50. The molecule has 3 aliphatic heterocycles. The van der Waals surface area contributed by atoms with Gasteiger partial charge in [-0.15, -0.1) is 11.6 Å². The van der Waals surface area contributed by atoms with Crippen LogP contribution >= 0.6 is 11.6 Å². The number of ether oxygens (including phenoxy) is 3. The molecule has 212 valence electrons. The quantitative estimate of drug-likeness (QED) is 0.508. The molecule has 2 atom stereocenters. The van der Waals surface area contributed by atoms with Gasteiger partial charge in [0.2, 0.25) is 11.8 Å². The van der Waals surface area contributed by atoms with Gasteiger partial charge in [0.15, 0.2) is 0 Å². The van der Waals surface area contributed by atoms with Gasteiger partial charge in [0, 0.05) is 39.3 Å². The van der Waals surface area contributed by atoms with Crippen LogP contribution in [0, 0.1) is 0 Å². The van der Waals surface area contributed by atoms with Gasteiger partial charge in [-0.05, 0) is 41.5 Å². The van der Waals surface area contributed by atoms with E-state index in [2.05, 4.69) is 0 Å². The van der Waals surface area contributed by atoms with Crippen molar-refractivity contribution in [3.8, 4) is 0 Å². The lowest BCUT2D eigenvalue weighted by atomic mass is 10.1. The van der Waals surface area contributed by atoms with E-state index < -0.39 is 23.3 Å². The zero-order valence-electron chi connectivity index (χ0n) is 22.7. The molecule has 0 spiro atoms. The van der Waals surface area contributed by atoms with Crippen LogP contribution in [0.5, 0.6) is 0 Å². The van der Waals surface area contributed by atoms with Crippen LogP contribution in [0.25, 0.3) is 0 Å². The molecule has 3 heterocycles. The number of halogens is 1. The van der Waals surface area contributed by atoms with E-state index in [1.807, 2.05) is 20.8 Å². The lowest BCUT2D eigenvalue weighted by molar-refractivity contribution is -0.152. The number of nitrogens with zero attached hydrogens (tertiary/aromatic N) is 4. The van der Waals surface area contributed by atoms with Crippen LogP contribution in [0.15, 0.2) is 0 Å². The molecule has 3 fully saturated rings. The van der Waals surface area contributed by atoms with E-state index in [0.29, 0.717) is 39.3 Å². The summed E-state index contributed by atoms with van der Waals surface area (Å²) in [4.78, 5) is 53.5. The van der Waals surface area contributed by atoms with E-state index in [0.717, 1.165) is 0 Å². The Balaban J connectivity index is 0.000000260. The first-order chi connectivity index (χ1) is 17.1. The highest BCUT2D eigenvalue weighted by Gasteiger charge is 2.37. The Morgan fingerprint density at radius 2 is 1.49 bits per heavy atom. The van der Waals surface area contributed by atoms with Gasteiger partial charge in [0.25, 0.3) is 0 Å². The minimum atomic E-state index is -0.561. The van der Waals surface area contributed by atoms with Gasteiger partial charge in [0.05, 0.1) is 25.3 Å². The van der Waals surface area contributed by atoms with E-state index in [-0.39, 0.29) is 49.6 Å². The molecule has 0 bridgehead atoms. The van der Waals surface area contributed by atoms with Gasteiger partial charge in [-0.2, -0.15) is 0 Å². The standard InChI is InChI=1S/C12H21ClN2O4.C12H20N2O4/c1-12(2,3)19-11(18)14-4-5-15(10(17)6-13)9(7-14)8-16;1-12(2,3)18-11(16)13-4-5-14-9(6-13)7-17-8-10(14)15/h9,16H,4-8H2,1-3H3;9H,4-8H2,1-3H3/t2*9-/m00/s1. The number of amides is 4. The van der Waals surface area contributed by atoms with Crippen LogP contribution in [-0.4, -0.2) is 137 Å². The number of carbonyl (C=O) groups excluding carboxylic acids is 4. The molecule has 3 rings (SSSR count). The van der Waals surface area contributed by atoms with Crippen LogP contribution < -0.4 is 0 Å². The molecular weight excluding hydrogens is 508 g/mol. The van der Waals surface area contributed by atoms with Gasteiger partial charge in [-0.25, -0.2) is 9.59 Å². The van der Waals surface area contributed by atoms with Crippen molar-refractivity contribution in [2.24, 2.45) is 0 Å². The lowest BCUT2D eigenvalue weighted by Crippen LogP contribution is -2.61. The monoisotopic (exact) mass is 548 g/mol. The predicted molar refractivity (Wildman–Crippen MR) is 135 cm³/mol. The Labute approximate surface area is 223 Å². The summed E-state index contributed by atoms with van der Waals surface area (Å²) in [6.45, 7) is 13.9. The molecule has 0 unspecified atom stereocenters. The van der Waals surface area contributed by atoms with Gasteiger partial charge in [-0.1, -0.05) is 0 Å². The summed E-state index contributed by atoms with van der Waals surface area (Å²) in [5, 5.41) is 9.32. The van der Waals surface area contributed by atoms with Crippen molar-refractivity contribution in [2.45, 2.75) is 64.8 Å². The first-order valence-electron chi connectivity index (χ1n) is 12.4. The van der Waals surface area contributed by atoms with Crippen molar-refractivity contribution >= 4 is 35.6 Å². The Hall–Kier alpha value is -2.31. The Bertz CT molecular complexity index is 829. The molecule has 13 heteroatoms. The number of rotatable bonds is 2. The molecule has 0 aromatic carbocycles. The van der Waals surface area contributed by atoms with E-state index in [1.54, 1.807) is 30.6 Å². The number of carbonyl (C=O) groups is 4. The second kappa shape index (κ2) is 13.0. The third-order valence-electron chi connectivity index (χ3n) is 5.77. The number of morpholine rings is 1. The maximum absolute atomic E-state index is 11.9. The predicted octanol–water partition coefficient (Wildman–Crippen LogP) is 1.13. The molecule has 0 radical (unpaired) electrons. The van der Waals surface area contributed by atoms with Gasteiger partial charge in [0.1, 0.15) is 23.7 Å². The number of aliphatic hydroxyl groups excluding tert-OH is 1. The van der Waals surface area contributed by atoms with Crippen LogP contribution in [0.1, 0.15) is 41.5 Å². The molecule has 37 heavy (non-hydrogen) atoms. The van der Waals surface area contributed by atoms with Crippen LogP contribution in [0.3, 0.4) is 0 Å². The van der Waals surface area contributed by atoms with E-state index >= 15 is 0 Å². The summed E-state index contributed by atoms with van der Waals surface area (Å²) < 4.78 is 15.8. The van der Waals surface area contributed by atoms with Crippen LogP contribution in [-0.2, 0) is 23.8 Å². The zero-order chi connectivity index (χ0) is 28.0. The molecule has 1 N–H and O–H groups in total. The zero-order valence-corrected chi connectivity index (χ0v) is 23.5. The highest BCUT2D eigenvalue weighted by atomic mass is 35.5. The van der Waals surface area contributed by atoms with Crippen molar-refractivity contribution in [3.63, 3.8) is 0 Å². The molecule has 3 aliphatic rings. The first kappa shape index (κ1) is 30.9. The molecular formula is C24H41ClN4O8. The minimum absolute atomic E-state index is 0.00934. The molecule has 0 aliphatic carbocycles. The lowest BCUT2D eigenvalue weighted by Gasteiger charge is -2.43. The summed E-state index contributed by atoms with van der Waals surface area (Å²) in [6.07, 6.45) is -0.746.